The molecule has 3 atom stereocenters. The van der Waals surface area contributed by atoms with Gasteiger partial charge in [-0.05, 0) is 116 Å². The number of allylic oxidation sites excluding steroid dienone is 6. The minimum Gasteiger partial charge on any atom is -0.399 e. The molecule has 5 aromatic rings. The third kappa shape index (κ3) is 3.20. The maximum atomic E-state index is 6.10. The average Bonchev–Trinajstić information content (AvgIpc) is 3.52. The van der Waals surface area contributed by atoms with E-state index < -0.39 is 0 Å². The molecule has 202 valence electrons. The van der Waals surface area contributed by atoms with Crippen molar-refractivity contribution in [3.8, 4) is 11.1 Å². The van der Waals surface area contributed by atoms with Gasteiger partial charge < -0.3 is 5.73 Å². The Hall–Kier alpha value is -4.62. The Morgan fingerprint density at radius 1 is 0.667 bits per heavy atom. The second-order valence-corrected chi connectivity index (χ2v) is 12.5. The number of hydrogen-bond donors (Lipinski definition) is 1. The van der Waals surface area contributed by atoms with Crippen LogP contribution in [0.2, 0.25) is 0 Å². The first-order valence-electron chi connectivity index (χ1n) is 15.4. The molecule has 2 N–H and O–H groups in total. The van der Waals surface area contributed by atoms with E-state index in [1.807, 2.05) is 6.07 Å². The Bertz CT molecular complexity index is 2020. The average molecular weight is 540 g/mol. The highest BCUT2D eigenvalue weighted by atomic mass is 14.6. The van der Waals surface area contributed by atoms with Crippen LogP contribution < -0.4 is 5.73 Å². The number of nitrogens with two attached hydrogens (primary N) is 1. The largest absolute Gasteiger partial charge is 0.399 e. The van der Waals surface area contributed by atoms with Crippen molar-refractivity contribution in [2.75, 3.05) is 5.73 Å². The summed E-state index contributed by atoms with van der Waals surface area (Å²) in [4.78, 5) is 0. The summed E-state index contributed by atoms with van der Waals surface area (Å²) < 4.78 is 0. The summed E-state index contributed by atoms with van der Waals surface area (Å²) in [7, 11) is 0. The van der Waals surface area contributed by atoms with Crippen molar-refractivity contribution in [3.05, 3.63) is 161 Å². The van der Waals surface area contributed by atoms with E-state index in [0.717, 1.165) is 24.9 Å². The lowest BCUT2D eigenvalue weighted by Gasteiger charge is -2.39. The first kappa shape index (κ1) is 24.0. The summed E-state index contributed by atoms with van der Waals surface area (Å²) in [6, 6.07) is 38.8. The number of benzene rings is 5. The van der Waals surface area contributed by atoms with E-state index in [1.54, 1.807) is 0 Å². The molecule has 0 amide bonds. The normalized spacial score (nSPS) is 23.2. The van der Waals surface area contributed by atoms with Crippen LogP contribution in [-0.4, -0.2) is 0 Å². The summed E-state index contributed by atoms with van der Waals surface area (Å²) in [5.74, 6) is 0.951. The van der Waals surface area contributed by atoms with Gasteiger partial charge in [0.2, 0.25) is 0 Å². The predicted octanol–water partition coefficient (Wildman–Crippen LogP) is 10.1. The number of anilines is 1. The fraction of sp³-hybridized carbons (Fsp3) is 0.171. The Labute approximate surface area is 247 Å². The van der Waals surface area contributed by atoms with Crippen LogP contribution in [0.4, 0.5) is 5.69 Å². The summed E-state index contributed by atoms with van der Waals surface area (Å²) in [6.07, 6.45) is 14.0. The lowest BCUT2D eigenvalue weighted by atomic mass is 9.63. The van der Waals surface area contributed by atoms with Crippen LogP contribution in [0.1, 0.15) is 65.0 Å². The predicted molar refractivity (Wildman–Crippen MR) is 176 cm³/mol. The van der Waals surface area contributed by atoms with E-state index in [0.29, 0.717) is 11.8 Å². The molecule has 1 spiro atoms. The molecule has 5 aromatic carbocycles. The molecular formula is C41H33N. The molecule has 1 heteroatoms. The lowest BCUT2D eigenvalue weighted by Crippen LogP contribution is -2.34. The number of rotatable bonds is 2. The molecule has 0 saturated heterocycles. The van der Waals surface area contributed by atoms with Crippen molar-refractivity contribution < 1.29 is 0 Å². The highest BCUT2D eigenvalue weighted by Crippen LogP contribution is 2.67. The van der Waals surface area contributed by atoms with Gasteiger partial charge in [-0.2, -0.15) is 0 Å². The van der Waals surface area contributed by atoms with E-state index in [-0.39, 0.29) is 5.41 Å². The van der Waals surface area contributed by atoms with Crippen molar-refractivity contribution in [2.24, 2.45) is 5.92 Å². The van der Waals surface area contributed by atoms with Crippen LogP contribution in [0.3, 0.4) is 0 Å². The van der Waals surface area contributed by atoms with Crippen molar-refractivity contribution >= 4 is 27.6 Å². The molecule has 1 nitrogen and oxygen atoms in total. The maximum absolute atomic E-state index is 6.10. The number of nitrogen functional groups attached to an aromatic ring is 1. The Kier molecular flexibility index (Phi) is 5.11. The molecule has 0 heterocycles. The van der Waals surface area contributed by atoms with Crippen LogP contribution in [0, 0.1) is 5.92 Å². The van der Waals surface area contributed by atoms with E-state index in [1.165, 1.54) is 72.8 Å². The molecule has 9 rings (SSSR count). The van der Waals surface area contributed by atoms with Gasteiger partial charge in [-0.25, -0.2) is 0 Å². The van der Waals surface area contributed by atoms with Crippen molar-refractivity contribution in [1.82, 2.24) is 0 Å². The summed E-state index contributed by atoms with van der Waals surface area (Å²) in [6.45, 7) is 0. The molecule has 4 aliphatic rings. The van der Waals surface area contributed by atoms with E-state index in [2.05, 4.69) is 121 Å². The standard InChI is InChI=1S/C41H33N/c42-31-10-7-9-29(24-31)26-16-18-27(19-17-26)30-21-22-35-33-12-3-5-14-37(33)41(39(35)25-30)38-15-6-4-13-34(38)36-23-20-28-8-1-2-11-32(28)40(36)41/h1-4,6-13,15-16,18,20-25,33,37H,5,14,17,19,42H2. The number of fused-ring (bicyclic) bond motifs is 12. The monoisotopic (exact) mass is 539 g/mol. The van der Waals surface area contributed by atoms with Crippen molar-refractivity contribution in [2.45, 2.75) is 37.0 Å². The zero-order chi connectivity index (χ0) is 27.8. The quantitative estimate of drug-likeness (QED) is 0.175. The zero-order valence-corrected chi connectivity index (χ0v) is 23.7. The SMILES string of the molecule is Nc1cccc(C2=CC=C(c3ccc4c(c3)C3(c5ccccc5-c5ccc6ccccc6c53)C3CCC=CC43)CC2)c1. The van der Waals surface area contributed by atoms with Crippen LogP contribution in [0.25, 0.3) is 33.0 Å². The Morgan fingerprint density at radius 3 is 2.33 bits per heavy atom. The van der Waals surface area contributed by atoms with Crippen LogP contribution in [-0.2, 0) is 5.41 Å². The minimum absolute atomic E-state index is 0.147. The van der Waals surface area contributed by atoms with Gasteiger partial charge in [-0.15, -0.1) is 0 Å². The van der Waals surface area contributed by atoms with Crippen molar-refractivity contribution in [3.63, 3.8) is 0 Å². The van der Waals surface area contributed by atoms with Gasteiger partial charge in [0.15, 0.2) is 0 Å². The van der Waals surface area contributed by atoms with Gasteiger partial charge in [0.05, 0.1) is 5.41 Å². The fourth-order valence-corrected chi connectivity index (χ4v) is 8.87. The Morgan fingerprint density at radius 2 is 1.48 bits per heavy atom. The highest BCUT2D eigenvalue weighted by Gasteiger charge is 2.58. The molecule has 0 bridgehead atoms. The third-order valence-electron chi connectivity index (χ3n) is 10.6. The van der Waals surface area contributed by atoms with Crippen LogP contribution >= 0.6 is 0 Å². The van der Waals surface area contributed by atoms with Gasteiger partial charge in [0.1, 0.15) is 0 Å². The molecule has 4 aliphatic carbocycles. The van der Waals surface area contributed by atoms with E-state index in [9.17, 15) is 0 Å². The maximum Gasteiger partial charge on any atom is 0.0509 e. The molecule has 0 fully saturated rings. The van der Waals surface area contributed by atoms with E-state index in [4.69, 9.17) is 5.73 Å². The molecule has 0 radical (unpaired) electrons. The second kappa shape index (κ2) is 8.94. The Balaban J connectivity index is 1.28. The zero-order valence-electron chi connectivity index (χ0n) is 23.7. The fourth-order valence-electron chi connectivity index (χ4n) is 8.87. The van der Waals surface area contributed by atoms with Crippen LogP contribution in [0.5, 0.6) is 0 Å². The van der Waals surface area contributed by atoms with Crippen LogP contribution in [0.15, 0.2) is 127 Å². The van der Waals surface area contributed by atoms with Gasteiger partial charge in [0, 0.05) is 11.6 Å². The molecule has 0 aromatic heterocycles. The smallest absolute Gasteiger partial charge is 0.0509 e. The molecule has 42 heavy (non-hydrogen) atoms. The summed E-state index contributed by atoms with van der Waals surface area (Å²) in [5, 5.41) is 2.74. The molecular weight excluding hydrogens is 506 g/mol. The lowest BCUT2D eigenvalue weighted by molar-refractivity contribution is 0.353. The van der Waals surface area contributed by atoms with Gasteiger partial charge >= 0.3 is 0 Å². The summed E-state index contributed by atoms with van der Waals surface area (Å²) in [5.41, 5.74) is 21.1. The first-order chi connectivity index (χ1) is 20.7. The van der Waals surface area contributed by atoms with Gasteiger partial charge in [-0.1, -0.05) is 109 Å². The number of hydrogen-bond acceptors (Lipinski definition) is 1. The molecule has 3 unspecified atom stereocenters. The molecule has 0 aliphatic heterocycles. The third-order valence-corrected chi connectivity index (χ3v) is 10.6. The topological polar surface area (TPSA) is 26.0 Å². The van der Waals surface area contributed by atoms with E-state index >= 15 is 0 Å². The molecule has 0 saturated carbocycles. The highest BCUT2D eigenvalue weighted by molar-refractivity contribution is 5.99. The summed E-state index contributed by atoms with van der Waals surface area (Å²) >= 11 is 0. The van der Waals surface area contributed by atoms with Crippen molar-refractivity contribution in [1.29, 1.82) is 0 Å². The van der Waals surface area contributed by atoms with Gasteiger partial charge in [-0.3, -0.25) is 0 Å². The first-order valence-corrected chi connectivity index (χ1v) is 15.4. The second-order valence-electron chi connectivity index (χ2n) is 12.5. The minimum atomic E-state index is -0.147. The van der Waals surface area contributed by atoms with Gasteiger partial charge in [0.25, 0.3) is 0 Å².